The third kappa shape index (κ3) is 3.58. The first-order chi connectivity index (χ1) is 8.87. The van der Waals surface area contributed by atoms with Crippen molar-refractivity contribution in [3.8, 4) is 0 Å². The number of hydrogen-bond acceptors (Lipinski definition) is 10. The van der Waals surface area contributed by atoms with Crippen LogP contribution in [0, 0.1) is 0 Å². The predicted molar refractivity (Wildman–Crippen MR) is 55.2 cm³/mol. The van der Waals surface area contributed by atoms with Gasteiger partial charge in [0.1, 0.15) is 11.6 Å². The number of hydrogen-bond donors (Lipinski definition) is 2. The Labute approximate surface area is 113 Å². The fourth-order valence-corrected chi connectivity index (χ4v) is 3.40. The smallest absolute Gasteiger partial charge is 0.323 e. The molecule has 20 heavy (non-hydrogen) atoms. The fraction of sp³-hybridized carbons (Fsp3) is 0.571. The monoisotopic (exact) mass is 328 g/mol. The highest BCUT2D eigenvalue weighted by molar-refractivity contribution is 7.69. The molecule has 0 saturated carbocycles. The van der Waals surface area contributed by atoms with Crippen LogP contribution in [-0.4, -0.2) is 50.8 Å². The van der Waals surface area contributed by atoms with Crippen LogP contribution in [0.4, 0.5) is 0 Å². The Balaban J connectivity index is 2.86. The van der Waals surface area contributed by atoms with Gasteiger partial charge < -0.3 is 48.7 Å². The van der Waals surface area contributed by atoms with Crippen LogP contribution in [-0.2, 0) is 13.9 Å². The summed E-state index contributed by atoms with van der Waals surface area (Å²) in [7, 11) is -12.3. The summed E-state index contributed by atoms with van der Waals surface area (Å²) in [5.74, 6) is -1.21. The molecule has 0 bridgehead atoms. The fourth-order valence-electron chi connectivity index (χ4n) is 1.49. The van der Waals surface area contributed by atoms with Crippen molar-refractivity contribution < 1.29 is 43.7 Å². The van der Waals surface area contributed by atoms with E-state index in [-0.39, 0.29) is 6.67 Å². The van der Waals surface area contributed by atoms with Gasteiger partial charge in [-0.1, -0.05) is 0 Å². The van der Waals surface area contributed by atoms with Gasteiger partial charge in [-0.2, -0.15) is 0 Å². The maximum atomic E-state index is 10.8. The molecule has 0 spiro atoms. The van der Waals surface area contributed by atoms with Gasteiger partial charge in [-0.25, -0.2) is 0 Å². The zero-order valence-corrected chi connectivity index (χ0v) is 11.6. The van der Waals surface area contributed by atoms with E-state index in [4.69, 9.17) is 5.11 Å². The van der Waals surface area contributed by atoms with Gasteiger partial charge in [0.25, 0.3) is 0 Å². The second kappa shape index (κ2) is 5.45. The first kappa shape index (κ1) is 17.1. The normalized spacial score (nSPS) is 16.9. The minimum absolute atomic E-state index is 0.297. The molecule has 1 aliphatic heterocycles. The molecule has 0 aromatic rings. The first-order valence-electron chi connectivity index (χ1n) is 5.02. The zero-order valence-electron chi connectivity index (χ0n) is 9.82. The van der Waals surface area contributed by atoms with E-state index in [1.807, 2.05) is 0 Å². The van der Waals surface area contributed by atoms with Gasteiger partial charge in [0, 0.05) is 12.4 Å². The average molecular weight is 328 g/mol. The van der Waals surface area contributed by atoms with Crippen molar-refractivity contribution in [2.24, 2.45) is 0 Å². The summed E-state index contributed by atoms with van der Waals surface area (Å²) in [6.07, 6.45) is 2.23. The Bertz CT molecular complexity index is 486. The number of aliphatic hydroxyl groups is 1. The molecule has 11 nitrogen and oxygen atoms in total. The number of carboxylic acids is 1. The molecule has 0 amide bonds. The molecule has 0 saturated heterocycles. The molecule has 0 aromatic heterocycles. The summed E-state index contributed by atoms with van der Waals surface area (Å²) in [5, 5.41) is 13.9. The van der Waals surface area contributed by atoms with Crippen molar-refractivity contribution in [1.82, 2.24) is 9.80 Å². The topological polar surface area (TPSA) is 190 Å². The van der Waals surface area contributed by atoms with E-state index in [9.17, 15) is 38.6 Å². The van der Waals surface area contributed by atoms with Gasteiger partial charge in [0.2, 0.25) is 0 Å². The van der Waals surface area contributed by atoms with Crippen LogP contribution in [0.5, 0.6) is 0 Å². The minimum atomic E-state index is -6.15. The van der Waals surface area contributed by atoms with Crippen LogP contribution in [0.3, 0.4) is 0 Å². The Morgan fingerprint density at radius 2 is 1.60 bits per heavy atom. The number of rotatable bonds is 6. The molecule has 0 aliphatic carbocycles. The Kier molecular flexibility index (Phi) is 4.67. The van der Waals surface area contributed by atoms with Gasteiger partial charge in [-0.15, -0.1) is 0 Å². The molecule has 0 radical (unpaired) electrons. The van der Waals surface area contributed by atoms with E-state index in [1.165, 1.54) is 6.20 Å². The van der Waals surface area contributed by atoms with E-state index in [0.717, 1.165) is 16.0 Å². The largest absolute Gasteiger partial charge is 0.808 e. The molecule has 116 valence electrons. The van der Waals surface area contributed by atoms with Gasteiger partial charge in [-0.05, 0) is 15.2 Å². The third-order valence-corrected chi connectivity index (χ3v) is 5.99. The van der Waals surface area contributed by atoms with Crippen molar-refractivity contribution in [3.05, 3.63) is 12.4 Å². The molecule has 13 heteroatoms. The van der Waals surface area contributed by atoms with Crippen LogP contribution in [0.2, 0.25) is 0 Å². The molecule has 1 heterocycles. The molecular weight excluding hydrogens is 318 g/mol. The summed E-state index contributed by atoms with van der Waals surface area (Å²) >= 11 is 0. The number of β-amino-alcohol motifs (C(OH)–C–C–N with tert-alkyl or cyclic N) is 1. The maximum Gasteiger partial charge on any atom is 0.323 e. The third-order valence-electron chi connectivity index (χ3n) is 2.48. The van der Waals surface area contributed by atoms with Gasteiger partial charge in [0.05, 0.1) is 13.2 Å². The highest BCUT2D eigenvalue weighted by Gasteiger charge is 2.38. The SMILES string of the molecule is O=C(O)CN1C=CN(CC(O)(P(=O)([O-])[O-])P(=O)([O-])[O-])C1. The molecule has 0 unspecified atom stereocenters. The minimum Gasteiger partial charge on any atom is -0.808 e. The lowest BCUT2D eigenvalue weighted by Crippen LogP contribution is -2.52. The van der Waals surface area contributed by atoms with Crippen LogP contribution < -0.4 is 19.6 Å². The standard InChI is InChI=1S/C7H14N2O9P2/c10-6(11)3-8-1-2-9(5-8)4-7(12,19(13,14)15)20(16,17)18/h1-2,12H,3-5H2,(H,10,11)(H2,13,14,15)(H2,16,17,18)/p-4. The van der Waals surface area contributed by atoms with Gasteiger partial charge >= 0.3 is 5.97 Å². The van der Waals surface area contributed by atoms with Crippen LogP contribution in [0.25, 0.3) is 0 Å². The van der Waals surface area contributed by atoms with Crippen molar-refractivity contribution >= 4 is 21.2 Å². The summed E-state index contributed by atoms with van der Waals surface area (Å²) in [5.41, 5.74) is 0. The number of carbonyl (C=O) groups is 1. The molecule has 1 aliphatic rings. The quantitative estimate of drug-likeness (QED) is 0.447. The first-order valence-corrected chi connectivity index (χ1v) is 8.10. The van der Waals surface area contributed by atoms with Gasteiger partial charge in [-0.3, -0.25) is 4.79 Å². The summed E-state index contributed by atoms with van der Waals surface area (Å²) in [6.45, 7) is -2.06. The summed E-state index contributed by atoms with van der Waals surface area (Å²) in [6, 6.07) is 0. The molecule has 2 N–H and O–H groups in total. The van der Waals surface area contributed by atoms with E-state index < -0.39 is 39.3 Å². The van der Waals surface area contributed by atoms with Crippen LogP contribution >= 0.6 is 15.2 Å². The van der Waals surface area contributed by atoms with Crippen molar-refractivity contribution in [1.29, 1.82) is 0 Å². The maximum absolute atomic E-state index is 10.8. The Morgan fingerprint density at radius 3 is 2.00 bits per heavy atom. The van der Waals surface area contributed by atoms with Crippen molar-refractivity contribution in [2.75, 3.05) is 19.8 Å². The number of carboxylic acid groups (broad SMARTS) is 1. The van der Waals surface area contributed by atoms with E-state index in [1.54, 1.807) is 0 Å². The second-order valence-corrected chi connectivity index (χ2v) is 7.92. The number of nitrogens with zero attached hydrogens (tertiary/aromatic N) is 2. The van der Waals surface area contributed by atoms with Crippen molar-refractivity contribution in [2.45, 2.75) is 5.08 Å². The summed E-state index contributed by atoms with van der Waals surface area (Å²) in [4.78, 5) is 55.7. The van der Waals surface area contributed by atoms with E-state index >= 15 is 0 Å². The number of aliphatic carboxylic acids is 1. The average Bonchev–Trinajstić information content (AvgIpc) is 2.60. The van der Waals surface area contributed by atoms with Crippen molar-refractivity contribution in [3.63, 3.8) is 0 Å². The lowest BCUT2D eigenvalue weighted by atomic mass is 10.6. The summed E-state index contributed by atoms with van der Waals surface area (Å²) < 4.78 is 21.7. The molecule has 0 aromatic carbocycles. The van der Waals surface area contributed by atoms with E-state index in [2.05, 4.69) is 0 Å². The zero-order chi connectivity index (χ0) is 15.8. The Hall–Kier alpha value is -0.930. The predicted octanol–water partition coefficient (Wildman–Crippen LogP) is -4.41. The second-order valence-electron chi connectivity index (χ2n) is 4.10. The lowest BCUT2D eigenvalue weighted by Gasteiger charge is -2.56. The van der Waals surface area contributed by atoms with Gasteiger partial charge in [0.15, 0.2) is 0 Å². The highest BCUT2D eigenvalue weighted by Crippen LogP contribution is 2.59. The molecule has 0 fully saturated rings. The van der Waals surface area contributed by atoms with Crippen LogP contribution in [0.15, 0.2) is 12.4 Å². The molecule has 1 rings (SSSR count). The lowest BCUT2D eigenvalue weighted by molar-refractivity contribution is -0.348. The van der Waals surface area contributed by atoms with E-state index in [0.29, 0.717) is 0 Å². The highest BCUT2D eigenvalue weighted by atomic mass is 31.2. The Morgan fingerprint density at radius 1 is 1.15 bits per heavy atom. The van der Waals surface area contributed by atoms with Crippen LogP contribution in [0.1, 0.15) is 0 Å². The molecular formula is C7H10N2O9P2-4. The molecule has 0 atom stereocenters.